The number of esters is 2. The Labute approximate surface area is 138 Å². The molecule has 0 bridgehead atoms. The third-order valence-corrected chi connectivity index (χ3v) is 6.21. The average molecular weight is 330 g/mol. The van der Waals surface area contributed by atoms with E-state index in [1.807, 2.05) is 0 Å². The summed E-state index contributed by atoms with van der Waals surface area (Å²) >= 11 is 0. The monoisotopic (exact) mass is 330 g/mol. The zero-order valence-corrected chi connectivity index (χ0v) is 13.1. The van der Waals surface area contributed by atoms with E-state index in [9.17, 15) is 14.7 Å². The molecule has 3 heterocycles. The van der Waals surface area contributed by atoms with Crippen LogP contribution in [0.1, 0.15) is 43.8 Å². The van der Waals surface area contributed by atoms with E-state index in [1.54, 1.807) is 18.6 Å². The van der Waals surface area contributed by atoms with Crippen molar-refractivity contribution in [2.45, 2.75) is 50.4 Å². The molecular formula is C18H18O6. The molecule has 6 nitrogen and oxygen atoms in total. The molecule has 0 amide bonds. The second-order valence-corrected chi connectivity index (χ2v) is 7.22. The van der Waals surface area contributed by atoms with Crippen LogP contribution < -0.4 is 0 Å². The molecule has 0 aromatic carbocycles. The van der Waals surface area contributed by atoms with Crippen molar-refractivity contribution < 1.29 is 28.6 Å². The summed E-state index contributed by atoms with van der Waals surface area (Å²) in [6.45, 7) is 0. The molecule has 1 saturated heterocycles. The molecule has 4 aliphatic rings. The van der Waals surface area contributed by atoms with E-state index < -0.39 is 17.6 Å². The molecular weight excluding hydrogens is 312 g/mol. The highest BCUT2D eigenvalue weighted by molar-refractivity contribution is 5.94. The summed E-state index contributed by atoms with van der Waals surface area (Å²) in [5.74, 6) is -0.815. The maximum Gasteiger partial charge on any atom is 0.334 e. The summed E-state index contributed by atoms with van der Waals surface area (Å²) < 4.78 is 16.2. The third kappa shape index (κ3) is 1.64. The number of cyclic esters (lactones) is 1. The molecule has 1 aromatic rings. The van der Waals surface area contributed by atoms with Crippen LogP contribution in [0.4, 0.5) is 0 Å². The van der Waals surface area contributed by atoms with Gasteiger partial charge in [0.1, 0.15) is 17.6 Å². The van der Waals surface area contributed by atoms with Gasteiger partial charge in [-0.3, -0.25) is 4.79 Å². The maximum atomic E-state index is 12.9. The van der Waals surface area contributed by atoms with Crippen LogP contribution in [0.15, 0.2) is 34.2 Å². The smallest absolute Gasteiger partial charge is 0.334 e. The zero-order valence-electron chi connectivity index (χ0n) is 13.1. The van der Waals surface area contributed by atoms with Crippen molar-refractivity contribution in [2.75, 3.05) is 0 Å². The Morgan fingerprint density at radius 1 is 1.21 bits per heavy atom. The number of hydrogen-bond acceptors (Lipinski definition) is 6. The van der Waals surface area contributed by atoms with E-state index in [2.05, 4.69) is 0 Å². The van der Waals surface area contributed by atoms with Crippen LogP contribution in [-0.4, -0.2) is 29.3 Å². The Hall–Kier alpha value is -2.08. The molecule has 5 atom stereocenters. The van der Waals surface area contributed by atoms with Gasteiger partial charge in [0.15, 0.2) is 0 Å². The minimum atomic E-state index is -0.979. The second kappa shape index (κ2) is 4.72. The first-order valence-electron chi connectivity index (χ1n) is 8.46. The van der Waals surface area contributed by atoms with Gasteiger partial charge in [-0.15, -0.1) is 0 Å². The molecule has 1 aromatic heterocycles. The van der Waals surface area contributed by atoms with Gasteiger partial charge in [0.25, 0.3) is 0 Å². The van der Waals surface area contributed by atoms with Gasteiger partial charge in [-0.2, -0.15) is 0 Å². The number of carbonyl (C=O) groups is 2. The Balaban J connectivity index is 1.59. The Morgan fingerprint density at radius 3 is 2.88 bits per heavy atom. The molecule has 6 heteroatoms. The Morgan fingerprint density at radius 2 is 2.08 bits per heavy atom. The average Bonchev–Trinajstić information content (AvgIpc) is 3.26. The number of carbonyl (C=O) groups excluding carboxylic acids is 2. The third-order valence-electron chi connectivity index (χ3n) is 6.21. The molecule has 2 fully saturated rings. The van der Waals surface area contributed by atoms with Crippen LogP contribution in [0.3, 0.4) is 0 Å². The molecule has 24 heavy (non-hydrogen) atoms. The fourth-order valence-electron chi connectivity index (χ4n) is 5.12. The summed E-state index contributed by atoms with van der Waals surface area (Å²) in [4.78, 5) is 25.0. The highest BCUT2D eigenvalue weighted by Gasteiger charge is 2.65. The predicted octanol–water partition coefficient (Wildman–Crippen LogP) is 2.04. The van der Waals surface area contributed by atoms with Crippen molar-refractivity contribution in [3.8, 4) is 0 Å². The maximum absolute atomic E-state index is 12.9. The van der Waals surface area contributed by atoms with E-state index in [-0.39, 0.29) is 30.4 Å². The lowest BCUT2D eigenvalue weighted by molar-refractivity contribution is -0.162. The summed E-state index contributed by atoms with van der Waals surface area (Å²) in [5, 5.41) is 10.9. The molecule has 1 saturated carbocycles. The topological polar surface area (TPSA) is 86.0 Å². The highest BCUT2D eigenvalue weighted by atomic mass is 16.6. The highest BCUT2D eigenvalue weighted by Crippen LogP contribution is 2.60. The molecule has 1 spiro atoms. The minimum absolute atomic E-state index is 0.175. The van der Waals surface area contributed by atoms with Crippen molar-refractivity contribution >= 4 is 11.9 Å². The normalized spacial score (nSPS) is 40.7. The van der Waals surface area contributed by atoms with Crippen molar-refractivity contribution in [1.82, 2.24) is 0 Å². The SMILES string of the molecule is O=C1O[C@H]2CC(O)[C@]3(CC(c4ccoc4)OC3=O)C3CCCC1=C32. The van der Waals surface area contributed by atoms with Crippen LogP contribution in [0.2, 0.25) is 0 Å². The molecule has 2 aliphatic heterocycles. The lowest BCUT2D eigenvalue weighted by atomic mass is 9.56. The molecule has 3 unspecified atom stereocenters. The van der Waals surface area contributed by atoms with E-state index in [0.717, 1.165) is 29.6 Å². The predicted molar refractivity (Wildman–Crippen MR) is 79.5 cm³/mol. The van der Waals surface area contributed by atoms with Gasteiger partial charge < -0.3 is 19.0 Å². The number of furan rings is 1. The van der Waals surface area contributed by atoms with Crippen LogP contribution in [0.25, 0.3) is 0 Å². The van der Waals surface area contributed by atoms with Gasteiger partial charge in [-0.25, -0.2) is 4.79 Å². The molecule has 0 radical (unpaired) electrons. The molecule has 5 rings (SSSR count). The Bertz CT molecular complexity index is 748. The Kier molecular flexibility index (Phi) is 2.81. The molecule has 1 N–H and O–H groups in total. The lowest BCUT2D eigenvalue weighted by Crippen LogP contribution is -2.53. The van der Waals surface area contributed by atoms with Crippen LogP contribution in [0, 0.1) is 11.3 Å². The van der Waals surface area contributed by atoms with Gasteiger partial charge >= 0.3 is 11.9 Å². The van der Waals surface area contributed by atoms with Crippen molar-refractivity contribution in [3.05, 3.63) is 35.3 Å². The summed E-state index contributed by atoms with van der Waals surface area (Å²) in [5.41, 5.74) is 1.50. The molecule has 2 aliphatic carbocycles. The van der Waals surface area contributed by atoms with Gasteiger partial charge in [0.2, 0.25) is 0 Å². The number of fused-ring (bicyclic) bond motifs is 1. The van der Waals surface area contributed by atoms with Crippen molar-refractivity contribution in [3.63, 3.8) is 0 Å². The lowest BCUT2D eigenvalue weighted by Gasteiger charge is -2.46. The largest absolute Gasteiger partial charge is 0.472 e. The number of hydrogen-bond donors (Lipinski definition) is 1. The standard InChI is InChI=1S/C18H18O6/c19-14-6-12-15-10(16(20)23-12)2-1-3-11(15)18(14)7-13(24-17(18)21)9-4-5-22-8-9/h4-5,8,11-14,19H,1-3,6-7H2/t11?,12-,13?,14?,18-/m0/s1. The van der Waals surface area contributed by atoms with E-state index in [0.29, 0.717) is 12.8 Å². The number of aliphatic hydroxyl groups excluding tert-OH is 1. The van der Waals surface area contributed by atoms with E-state index in [1.165, 1.54) is 0 Å². The van der Waals surface area contributed by atoms with Crippen LogP contribution in [-0.2, 0) is 19.1 Å². The first kappa shape index (κ1) is 14.3. The number of aliphatic hydroxyl groups is 1. The zero-order chi connectivity index (χ0) is 16.5. The van der Waals surface area contributed by atoms with E-state index in [4.69, 9.17) is 13.9 Å². The van der Waals surface area contributed by atoms with Crippen molar-refractivity contribution in [2.24, 2.45) is 11.3 Å². The minimum Gasteiger partial charge on any atom is -0.472 e. The van der Waals surface area contributed by atoms with Gasteiger partial charge in [-0.1, -0.05) is 0 Å². The van der Waals surface area contributed by atoms with Crippen LogP contribution >= 0.6 is 0 Å². The second-order valence-electron chi connectivity index (χ2n) is 7.22. The summed E-state index contributed by atoms with van der Waals surface area (Å²) in [7, 11) is 0. The van der Waals surface area contributed by atoms with E-state index >= 15 is 0 Å². The first-order chi connectivity index (χ1) is 11.6. The summed E-state index contributed by atoms with van der Waals surface area (Å²) in [6, 6.07) is 1.78. The number of ether oxygens (including phenoxy) is 2. The fourth-order valence-corrected chi connectivity index (χ4v) is 5.12. The number of rotatable bonds is 1. The summed E-state index contributed by atoms with van der Waals surface area (Å²) in [6.07, 6.45) is 4.45. The van der Waals surface area contributed by atoms with Crippen molar-refractivity contribution in [1.29, 1.82) is 0 Å². The van der Waals surface area contributed by atoms with Gasteiger partial charge in [0.05, 0.1) is 18.6 Å². The first-order valence-corrected chi connectivity index (χ1v) is 8.46. The quantitative estimate of drug-likeness (QED) is 0.793. The fraction of sp³-hybridized carbons (Fsp3) is 0.556. The van der Waals surface area contributed by atoms with Gasteiger partial charge in [-0.05, 0) is 30.9 Å². The van der Waals surface area contributed by atoms with Gasteiger partial charge in [0, 0.05) is 29.9 Å². The molecule has 126 valence electrons. The van der Waals surface area contributed by atoms with Crippen LogP contribution in [0.5, 0.6) is 0 Å².